The van der Waals surface area contributed by atoms with Gasteiger partial charge in [-0.05, 0) is 37.1 Å². The summed E-state index contributed by atoms with van der Waals surface area (Å²) in [6.07, 6.45) is 0. The molecule has 0 aliphatic heterocycles. The van der Waals surface area contributed by atoms with Crippen LogP contribution < -0.4 is 4.74 Å². The molecule has 1 aromatic carbocycles. The molecule has 1 rings (SSSR count). The molecule has 0 heterocycles. The number of aryl methyl sites for hydroxylation is 2. The highest BCUT2D eigenvalue weighted by Gasteiger charge is 2.06. The van der Waals surface area contributed by atoms with E-state index in [0.717, 1.165) is 16.9 Å². The van der Waals surface area contributed by atoms with Crippen molar-refractivity contribution in [1.82, 2.24) is 0 Å². The Balaban J connectivity index is 2.57. The van der Waals surface area contributed by atoms with Crippen molar-refractivity contribution >= 4 is 0 Å². The number of hydrogen-bond donors (Lipinski definition) is 2. The van der Waals surface area contributed by atoms with Gasteiger partial charge < -0.3 is 14.9 Å². The van der Waals surface area contributed by atoms with Crippen LogP contribution in [0.1, 0.15) is 11.1 Å². The highest BCUT2D eigenvalue weighted by Crippen LogP contribution is 2.16. The summed E-state index contributed by atoms with van der Waals surface area (Å²) in [5, 5.41) is 17.7. The van der Waals surface area contributed by atoms with Crippen molar-refractivity contribution in [2.24, 2.45) is 5.92 Å². The molecular weight excluding hydrogens is 192 g/mol. The largest absolute Gasteiger partial charge is 0.493 e. The van der Waals surface area contributed by atoms with E-state index in [9.17, 15) is 0 Å². The fourth-order valence-electron chi connectivity index (χ4n) is 1.39. The molecular formula is C12H18O3. The second kappa shape index (κ2) is 5.73. The Kier molecular flexibility index (Phi) is 4.59. The van der Waals surface area contributed by atoms with Gasteiger partial charge in [0.1, 0.15) is 5.75 Å². The molecule has 1 aromatic rings. The van der Waals surface area contributed by atoms with Gasteiger partial charge >= 0.3 is 0 Å². The lowest BCUT2D eigenvalue weighted by Gasteiger charge is -2.13. The molecule has 3 nitrogen and oxygen atoms in total. The highest BCUT2D eigenvalue weighted by molar-refractivity contribution is 5.32. The minimum atomic E-state index is -0.203. The first-order valence-corrected chi connectivity index (χ1v) is 5.08. The minimum Gasteiger partial charge on any atom is -0.493 e. The van der Waals surface area contributed by atoms with E-state index in [0.29, 0.717) is 6.61 Å². The molecule has 0 amide bonds. The monoisotopic (exact) mass is 210 g/mol. The molecule has 0 unspecified atom stereocenters. The van der Waals surface area contributed by atoms with Crippen molar-refractivity contribution in [3.05, 3.63) is 29.3 Å². The van der Waals surface area contributed by atoms with Gasteiger partial charge in [-0.1, -0.05) is 6.07 Å². The number of aliphatic hydroxyl groups is 2. The summed E-state index contributed by atoms with van der Waals surface area (Å²) >= 11 is 0. The first kappa shape index (κ1) is 12.0. The van der Waals surface area contributed by atoms with Crippen LogP contribution in [-0.2, 0) is 0 Å². The second-order valence-electron chi connectivity index (χ2n) is 3.87. The Morgan fingerprint density at radius 3 is 2.07 bits per heavy atom. The molecule has 0 aromatic heterocycles. The second-order valence-corrected chi connectivity index (χ2v) is 3.87. The quantitative estimate of drug-likeness (QED) is 0.769. The summed E-state index contributed by atoms with van der Waals surface area (Å²) in [7, 11) is 0. The van der Waals surface area contributed by atoms with Gasteiger partial charge in [-0.15, -0.1) is 0 Å². The molecule has 0 spiro atoms. The van der Waals surface area contributed by atoms with Crippen molar-refractivity contribution in [3.63, 3.8) is 0 Å². The smallest absolute Gasteiger partial charge is 0.119 e. The third-order valence-corrected chi connectivity index (χ3v) is 2.20. The van der Waals surface area contributed by atoms with Crippen LogP contribution in [0.15, 0.2) is 18.2 Å². The zero-order valence-electron chi connectivity index (χ0n) is 9.23. The molecule has 2 N–H and O–H groups in total. The topological polar surface area (TPSA) is 49.7 Å². The van der Waals surface area contributed by atoms with E-state index in [2.05, 4.69) is 6.07 Å². The van der Waals surface area contributed by atoms with Gasteiger partial charge in [0, 0.05) is 5.92 Å². The Hall–Kier alpha value is -1.06. The van der Waals surface area contributed by atoms with Crippen LogP contribution in [0.5, 0.6) is 5.75 Å². The number of hydrogen-bond acceptors (Lipinski definition) is 3. The molecule has 0 saturated carbocycles. The van der Waals surface area contributed by atoms with Crippen LogP contribution in [0.25, 0.3) is 0 Å². The van der Waals surface area contributed by atoms with Crippen LogP contribution in [-0.4, -0.2) is 30.0 Å². The molecule has 0 saturated heterocycles. The summed E-state index contributed by atoms with van der Waals surface area (Å²) in [5.41, 5.74) is 2.30. The predicted molar refractivity (Wildman–Crippen MR) is 59.1 cm³/mol. The van der Waals surface area contributed by atoms with Crippen LogP contribution in [0.3, 0.4) is 0 Å². The summed E-state index contributed by atoms with van der Waals surface area (Å²) < 4.78 is 5.49. The molecule has 0 atom stereocenters. The Morgan fingerprint density at radius 1 is 1.07 bits per heavy atom. The van der Waals surface area contributed by atoms with Gasteiger partial charge in [0.2, 0.25) is 0 Å². The predicted octanol–water partition coefficient (Wildman–Crippen LogP) is 1.28. The standard InChI is InChI=1S/C12H18O3/c1-9-3-10(2)5-12(4-9)15-8-11(6-13)7-14/h3-5,11,13-14H,6-8H2,1-2H3. The number of ether oxygens (including phenoxy) is 1. The average Bonchev–Trinajstić information content (AvgIpc) is 2.18. The molecule has 84 valence electrons. The molecule has 0 aliphatic carbocycles. The van der Waals surface area contributed by atoms with Gasteiger partial charge in [-0.3, -0.25) is 0 Å². The van der Waals surface area contributed by atoms with Crippen LogP contribution in [0, 0.1) is 19.8 Å². The zero-order valence-corrected chi connectivity index (χ0v) is 9.23. The van der Waals surface area contributed by atoms with Crippen molar-refractivity contribution in [2.75, 3.05) is 19.8 Å². The Labute approximate surface area is 90.3 Å². The number of rotatable bonds is 5. The van der Waals surface area contributed by atoms with Crippen LogP contribution in [0.4, 0.5) is 0 Å². The van der Waals surface area contributed by atoms with E-state index >= 15 is 0 Å². The van der Waals surface area contributed by atoms with E-state index in [4.69, 9.17) is 14.9 Å². The van der Waals surface area contributed by atoms with E-state index in [1.165, 1.54) is 0 Å². The fourth-order valence-corrected chi connectivity index (χ4v) is 1.39. The lowest BCUT2D eigenvalue weighted by atomic mass is 10.1. The SMILES string of the molecule is Cc1cc(C)cc(OCC(CO)CO)c1. The lowest BCUT2D eigenvalue weighted by molar-refractivity contribution is 0.106. The molecule has 0 radical (unpaired) electrons. The molecule has 0 fully saturated rings. The van der Waals surface area contributed by atoms with Crippen molar-refractivity contribution in [2.45, 2.75) is 13.8 Å². The van der Waals surface area contributed by atoms with E-state index < -0.39 is 0 Å². The molecule has 15 heavy (non-hydrogen) atoms. The van der Waals surface area contributed by atoms with Gasteiger partial charge in [-0.25, -0.2) is 0 Å². The van der Waals surface area contributed by atoms with Gasteiger partial charge in [0.15, 0.2) is 0 Å². The van der Waals surface area contributed by atoms with E-state index in [1.54, 1.807) is 0 Å². The average molecular weight is 210 g/mol. The summed E-state index contributed by atoms with van der Waals surface area (Å²) in [4.78, 5) is 0. The molecule has 0 bridgehead atoms. The van der Waals surface area contributed by atoms with E-state index in [1.807, 2.05) is 26.0 Å². The lowest BCUT2D eigenvalue weighted by Crippen LogP contribution is -2.19. The normalized spacial score (nSPS) is 10.7. The maximum atomic E-state index is 8.87. The van der Waals surface area contributed by atoms with Crippen molar-refractivity contribution < 1.29 is 14.9 Å². The maximum Gasteiger partial charge on any atom is 0.119 e. The maximum absolute atomic E-state index is 8.87. The first-order valence-electron chi connectivity index (χ1n) is 5.08. The molecule has 3 heteroatoms. The number of aliphatic hydroxyl groups excluding tert-OH is 2. The van der Waals surface area contributed by atoms with Crippen molar-refractivity contribution in [1.29, 1.82) is 0 Å². The highest BCUT2D eigenvalue weighted by atomic mass is 16.5. The van der Waals surface area contributed by atoms with Crippen LogP contribution in [0.2, 0.25) is 0 Å². The Bertz CT molecular complexity index is 285. The van der Waals surface area contributed by atoms with Crippen molar-refractivity contribution in [3.8, 4) is 5.75 Å². The third kappa shape index (κ3) is 3.90. The third-order valence-electron chi connectivity index (χ3n) is 2.20. The number of benzene rings is 1. The van der Waals surface area contributed by atoms with E-state index in [-0.39, 0.29) is 19.1 Å². The fraction of sp³-hybridized carbons (Fsp3) is 0.500. The van der Waals surface area contributed by atoms with Crippen LogP contribution >= 0.6 is 0 Å². The Morgan fingerprint density at radius 2 is 1.60 bits per heavy atom. The summed E-state index contributed by atoms with van der Waals surface area (Å²) in [5.74, 6) is 0.588. The van der Waals surface area contributed by atoms with Gasteiger partial charge in [-0.2, -0.15) is 0 Å². The van der Waals surface area contributed by atoms with Gasteiger partial charge in [0.05, 0.1) is 19.8 Å². The summed E-state index contributed by atoms with van der Waals surface area (Å²) in [6.45, 7) is 4.25. The van der Waals surface area contributed by atoms with Gasteiger partial charge in [0.25, 0.3) is 0 Å². The minimum absolute atomic E-state index is 0.0543. The molecule has 0 aliphatic rings. The zero-order chi connectivity index (χ0) is 11.3. The summed E-state index contributed by atoms with van der Waals surface area (Å²) in [6, 6.07) is 5.96. The first-order chi connectivity index (χ1) is 7.15.